The smallest absolute Gasteiger partial charge is 0.226 e. The topological polar surface area (TPSA) is 57.8 Å². The Morgan fingerprint density at radius 1 is 1.21 bits per heavy atom. The minimum Gasteiger partial charge on any atom is -0.309 e. The minimum atomic E-state index is 0.0298. The van der Waals surface area contributed by atoms with Crippen molar-refractivity contribution >= 4 is 11.7 Å². The number of carbonyl (C=O) groups excluding carboxylic acids is 1. The zero-order valence-corrected chi connectivity index (χ0v) is 11.4. The Labute approximate surface area is 112 Å². The molecule has 3 rings (SSSR count). The number of H-pyrrole nitrogens is 1. The van der Waals surface area contributed by atoms with Gasteiger partial charge in [0.25, 0.3) is 0 Å². The normalized spacial score (nSPS) is 18.1. The molecule has 0 radical (unpaired) electrons. The number of aromatic nitrogens is 2. The van der Waals surface area contributed by atoms with E-state index in [4.69, 9.17) is 0 Å². The van der Waals surface area contributed by atoms with Crippen LogP contribution in [0.5, 0.6) is 0 Å². The van der Waals surface area contributed by atoms with Gasteiger partial charge in [0.15, 0.2) is 5.82 Å². The van der Waals surface area contributed by atoms with Crippen LogP contribution in [0.1, 0.15) is 40.3 Å². The summed E-state index contributed by atoms with van der Waals surface area (Å²) >= 11 is 0. The number of benzene rings is 1. The summed E-state index contributed by atoms with van der Waals surface area (Å²) in [5.74, 6) is 0.806. The van der Waals surface area contributed by atoms with Crippen molar-refractivity contribution in [3.05, 3.63) is 46.1 Å². The van der Waals surface area contributed by atoms with E-state index in [1.165, 1.54) is 16.7 Å². The van der Waals surface area contributed by atoms with Crippen molar-refractivity contribution in [2.75, 3.05) is 5.32 Å². The Bertz CT molecular complexity index is 657. The summed E-state index contributed by atoms with van der Waals surface area (Å²) in [6.45, 7) is 6.20. The number of amides is 1. The summed E-state index contributed by atoms with van der Waals surface area (Å²) in [6, 6.07) is 6.41. The number of hydrogen-bond donors (Lipinski definition) is 2. The summed E-state index contributed by atoms with van der Waals surface area (Å²) in [7, 11) is 0. The highest BCUT2D eigenvalue weighted by molar-refractivity contribution is 5.94. The standard InChI is InChI=1S/C15H17N3O/c1-8-4-5-11(6-9(8)2)12-7-13(19)16-15-14(12)10(3)17-18-15/h4-6,12H,7H2,1-3H3,(H2,16,17,18,19)/t12-/m1/s1. The maximum absolute atomic E-state index is 11.8. The second kappa shape index (κ2) is 4.23. The number of carbonyl (C=O) groups is 1. The van der Waals surface area contributed by atoms with Crippen LogP contribution in [0.3, 0.4) is 0 Å². The maximum atomic E-state index is 11.8. The number of aryl methyl sites for hydroxylation is 3. The van der Waals surface area contributed by atoms with Crippen LogP contribution in [0, 0.1) is 20.8 Å². The third-order valence-electron chi connectivity index (χ3n) is 3.92. The van der Waals surface area contributed by atoms with Crippen LogP contribution in [0.4, 0.5) is 5.82 Å². The van der Waals surface area contributed by atoms with Gasteiger partial charge in [0.2, 0.25) is 5.91 Å². The lowest BCUT2D eigenvalue weighted by molar-refractivity contribution is -0.116. The Balaban J connectivity index is 2.11. The van der Waals surface area contributed by atoms with Gasteiger partial charge in [-0.05, 0) is 37.5 Å². The van der Waals surface area contributed by atoms with Crippen LogP contribution >= 0.6 is 0 Å². The van der Waals surface area contributed by atoms with Gasteiger partial charge >= 0.3 is 0 Å². The fourth-order valence-electron chi connectivity index (χ4n) is 2.70. The second-order valence-corrected chi connectivity index (χ2v) is 5.26. The first-order valence-electron chi connectivity index (χ1n) is 6.48. The van der Waals surface area contributed by atoms with Gasteiger partial charge in [-0.15, -0.1) is 0 Å². The van der Waals surface area contributed by atoms with Crippen molar-refractivity contribution in [3.8, 4) is 0 Å². The molecule has 1 aliphatic heterocycles. The lowest BCUT2D eigenvalue weighted by Crippen LogP contribution is -2.23. The van der Waals surface area contributed by atoms with E-state index in [2.05, 4.69) is 47.6 Å². The second-order valence-electron chi connectivity index (χ2n) is 5.26. The molecule has 0 spiro atoms. The summed E-state index contributed by atoms with van der Waals surface area (Å²) in [6.07, 6.45) is 0.482. The fraction of sp³-hybridized carbons (Fsp3) is 0.333. The van der Waals surface area contributed by atoms with Crippen LogP contribution in [0.15, 0.2) is 18.2 Å². The van der Waals surface area contributed by atoms with Crippen molar-refractivity contribution in [2.24, 2.45) is 0 Å². The number of rotatable bonds is 1. The molecular formula is C15H17N3O. The molecule has 1 aromatic carbocycles. The number of nitrogens with zero attached hydrogens (tertiary/aromatic N) is 1. The van der Waals surface area contributed by atoms with E-state index in [0.29, 0.717) is 12.2 Å². The average molecular weight is 255 g/mol. The molecule has 0 saturated heterocycles. The largest absolute Gasteiger partial charge is 0.309 e. The van der Waals surface area contributed by atoms with Gasteiger partial charge in [0.05, 0.1) is 0 Å². The molecule has 4 nitrogen and oxygen atoms in total. The van der Waals surface area contributed by atoms with E-state index >= 15 is 0 Å². The zero-order valence-electron chi connectivity index (χ0n) is 11.4. The van der Waals surface area contributed by atoms with Gasteiger partial charge in [0.1, 0.15) is 0 Å². The molecule has 2 N–H and O–H groups in total. The maximum Gasteiger partial charge on any atom is 0.226 e. The highest BCUT2D eigenvalue weighted by atomic mass is 16.1. The lowest BCUT2D eigenvalue weighted by atomic mass is 9.85. The van der Waals surface area contributed by atoms with E-state index in [-0.39, 0.29) is 11.8 Å². The molecule has 2 heterocycles. The van der Waals surface area contributed by atoms with Crippen molar-refractivity contribution in [1.29, 1.82) is 0 Å². The third-order valence-corrected chi connectivity index (χ3v) is 3.92. The number of aromatic amines is 1. The van der Waals surface area contributed by atoms with Crippen LogP contribution in [0.25, 0.3) is 0 Å². The average Bonchev–Trinajstić information content (AvgIpc) is 2.73. The van der Waals surface area contributed by atoms with Crippen molar-refractivity contribution in [3.63, 3.8) is 0 Å². The fourth-order valence-corrected chi connectivity index (χ4v) is 2.70. The Morgan fingerprint density at radius 3 is 2.74 bits per heavy atom. The molecule has 4 heteroatoms. The highest BCUT2D eigenvalue weighted by Crippen LogP contribution is 2.38. The van der Waals surface area contributed by atoms with E-state index in [1.54, 1.807) is 0 Å². The molecule has 98 valence electrons. The monoisotopic (exact) mass is 255 g/mol. The number of nitrogens with one attached hydrogen (secondary N) is 2. The predicted molar refractivity (Wildman–Crippen MR) is 74.3 cm³/mol. The quantitative estimate of drug-likeness (QED) is 0.823. The molecule has 19 heavy (non-hydrogen) atoms. The first-order chi connectivity index (χ1) is 9.06. The van der Waals surface area contributed by atoms with Gasteiger partial charge in [-0.1, -0.05) is 18.2 Å². The molecule has 1 atom stereocenters. The summed E-state index contributed by atoms with van der Waals surface area (Å²) in [5.41, 5.74) is 5.85. The predicted octanol–water partition coefficient (Wildman–Crippen LogP) is 2.81. The van der Waals surface area contributed by atoms with E-state index in [9.17, 15) is 4.79 Å². The molecule has 0 saturated carbocycles. The SMILES string of the molecule is Cc1ccc([C@H]2CC(=O)Nc3n[nH]c(C)c32)cc1C. The summed E-state index contributed by atoms with van der Waals surface area (Å²) in [4.78, 5) is 11.8. The molecule has 1 aliphatic rings. The molecular weight excluding hydrogens is 238 g/mol. The van der Waals surface area contributed by atoms with Gasteiger partial charge in [-0.2, -0.15) is 5.10 Å². The van der Waals surface area contributed by atoms with E-state index in [0.717, 1.165) is 11.3 Å². The Morgan fingerprint density at radius 2 is 2.00 bits per heavy atom. The summed E-state index contributed by atoms with van der Waals surface area (Å²) in [5, 5.41) is 9.95. The molecule has 1 aromatic heterocycles. The van der Waals surface area contributed by atoms with Crippen molar-refractivity contribution < 1.29 is 4.79 Å². The molecule has 0 unspecified atom stereocenters. The van der Waals surface area contributed by atoms with Gasteiger partial charge in [-0.25, -0.2) is 0 Å². The van der Waals surface area contributed by atoms with Gasteiger partial charge in [0, 0.05) is 23.6 Å². The number of hydrogen-bond acceptors (Lipinski definition) is 2. The van der Waals surface area contributed by atoms with Crippen LogP contribution in [0.2, 0.25) is 0 Å². The molecule has 2 aromatic rings. The Hall–Kier alpha value is -2.10. The van der Waals surface area contributed by atoms with Crippen LogP contribution in [-0.4, -0.2) is 16.1 Å². The molecule has 1 amide bonds. The van der Waals surface area contributed by atoms with E-state index in [1.807, 2.05) is 6.92 Å². The first kappa shape index (κ1) is 12.0. The molecule has 0 aliphatic carbocycles. The first-order valence-corrected chi connectivity index (χ1v) is 6.48. The minimum absolute atomic E-state index is 0.0298. The van der Waals surface area contributed by atoms with Gasteiger partial charge < -0.3 is 5.32 Å². The van der Waals surface area contributed by atoms with Crippen molar-refractivity contribution in [1.82, 2.24) is 10.2 Å². The van der Waals surface area contributed by atoms with E-state index < -0.39 is 0 Å². The highest BCUT2D eigenvalue weighted by Gasteiger charge is 2.30. The zero-order chi connectivity index (χ0) is 13.6. The third kappa shape index (κ3) is 1.93. The Kier molecular flexibility index (Phi) is 2.66. The lowest BCUT2D eigenvalue weighted by Gasteiger charge is -2.23. The van der Waals surface area contributed by atoms with Crippen molar-refractivity contribution in [2.45, 2.75) is 33.1 Å². The van der Waals surface area contributed by atoms with Crippen LogP contribution < -0.4 is 5.32 Å². The van der Waals surface area contributed by atoms with Crippen LogP contribution in [-0.2, 0) is 4.79 Å². The number of fused-ring (bicyclic) bond motifs is 1. The molecule has 0 bridgehead atoms. The summed E-state index contributed by atoms with van der Waals surface area (Å²) < 4.78 is 0. The number of anilines is 1. The van der Waals surface area contributed by atoms with Gasteiger partial charge in [-0.3, -0.25) is 9.89 Å². The molecule has 0 fully saturated rings.